The minimum atomic E-state index is -0.208. The molecule has 0 aromatic heterocycles. The Morgan fingerprint density at radius 1 is 1.20 bits per heavy atom. The fourth-order valence-corrected chi connectivity index (χ4v) is 2.85. The van der Waals surface area contributed by atoms with E-state index in [2.05, 4.69) is 17.4 Å². The summed E-state index contributed by atoms with van der Waals surface area (Å²) >= 11 is 0. The third-order valence-electron chi connectivity index (χ3n) is 3.83. The third kappa shape index (κ3) is 2.62. The Morgan fingerprint density at radius 3 is 2.90 bits per heavy atom. The highest BCUT2D eigenvalue weighted by molar-refractivity contribution is 5.48. The molecule has 0 heterocycles. The molecule has 2 aromatic carbocycles. The molecule has 1 aliphatic carbocycles. The van der Waals surface area contributed by atoms with Crippen LogP contribution in [0.3, 0.4) is 0 Å². The van der Waals surface area contributed by atoms with E-state index < -0.39 is 0 Å². The SMILES string of the molecule is COc1ccc2c(c1)CCCC2Nc1cccc(F)c1. The Kier molecular flexibility index (Phi) is 3.59. The number of hydrogen-bond donors (Lipinski definition) is 1. The van der Waals surface area contributed by atoms with Gasteiger partial charge in [0.25, 0.3) is 0 Å². The topological polar surface area (TPSA) is 21.3 Å². The van der Waals surface area contributed by atoms with Gasteiger partial charge in [-0.15, -0.1) is 0 Å². The van der Waals surface area contributed by atoms with E-state index in [4.69, 9.17) is 4.74 Å². The Bertz CT molecular complexity index is 612. The maximum absolute atomic E-state index is 13.3. The molecular formula is C17H18FNO. The van der Waals surface area contributed by atoms with E-state index >= 15 is 0 Å². The van der Waals surface area contributed by atoms with Crippen molar-refractivity contribution < 1.29 is 9.13 Å². The molecule has 0 saturated heterocycles. The van der Waals surface area contributed by atoms with Crippen LogP contribution in [0.2, 0.25) is 0 Å². The molecule has 1 N–H and O–H groups in total. The summed E-state index contributed by atoms with van der Waals surface area (Å²) in [6, 6.07) is 13.1. The molecule has 20 heavy (non-hydrogen) atoms. The van der Waals surface area contributed by atoms with Gasteiger partial charge >= 0.3 is 0 Å². The smallest absolute Gasteiger partial charge is 0.125 e. The molecule has 2 aromatic rings. The van der Waals surface area contributed by atoms with Crippen LogP contribution in [0.25, 0.3) is 0 Å². The predicted octanol–water partition coefficient (Wildman–Crippen LogP) is 4.32. The fourth-order valence-electron chi connectivity index (χ4n) is 2.85. The van der Waals surface area contributed by atoms with Gasteiger partial charge in [0.2, 0.25) is 0 Å². The molecule has 0 radical (unpaired) electrons. The van der Waals surface area contributed by atoms with Crippen molar-refractivity contribution in [2.45, 2.75) is 25.3 Å². The summed E-state index contributed by atoms with van der Waals surface area (Å²) in [6.45, 7) is 0. The van der Waals surface area contributed by atoms with E-state index in [-0.39, 0.29) is 11.9 Å². The normalized spacial score (nSPS) is 17.4. The number of hydrogen-bond acceptors (Lipinski definition) is 2. The molecule has 1 atom stereocenters. The van der Waals surface area contributed by atoms with Gasteiger partial charge in [0.05, 0.1) is 13.2 Å². The summed E-state index contributed by atoms with van der Waals surface area (Å²) in [7, 11) is 1.69. The van der Waals surface area contributed by atoms with Gasteiger partial charge in [-0.05, 0) is 60.7 Å². The summed E-state index contributed by atoms with van der Waals surface area (Å²) in [5.41, 5.74) is 3.45. The quantitative estimate of drug-likeness (QED) is 0.897. The van der Waals surface area contributed by atoms with Crippen LogP contribution in [-0.2, 0) is 6.42 Å². The highest BCUT2D eigenvalue weighted by Gasteiger charge is 2.20. The van der Waals surface area contributed by atoms with Crippen LogP contribution in [0.15, 0.2) is 42.5 Å². The Balaban J connectivity index is 1.86. The van der Waals surface area contributed by atoms with E-state index in [0.29, 0.717) is 0 Å². The monoisotopic (exact) mass is 271 g/mol. The highest BCUT2D eigenvalue weighted by atomic mass is 19.1. The van der Waals surface area contributed by atoms with Crippen molar-refractivity contribution in [3.8, 4) is 5.75 Å². The van der Waals surface area contributed by atoms with Gasteiger partial charge in [0.1, 0.15) is 11.6 Å². The molecule has 0 fully saturated rings. The second-order valence-corrected chi connectivity index (χ2v) is 5.16. The molecule has 1 unspecified atom stereocenters. The van der Waals surface area contributed by atoms with E-state index in [1.165, 1.54) is 23.3 Å². The molecule has 0 aliphatic heterocycles. The Morgan fingerprint density at radius 2 is 2.10 bits per heavy atom. The highest BCUT2D eigenvalue weighted by Crippen LogP contribution is 2.34. The number of anilines is 1. The second-order valence-electron chi connectivity index (χ2n) is 5.16. The van der Waals surface area contributed by atoms with Gasteiger partial charge in [-0.1, -0.05) is 12.1 Å². The molecular weight excluding hydrogens is 253 g/mol. The Labute approximate surface area is 118 Å². The van der Waals surface area contributed by atoms with Crippen LogP contribution >= 0.6 is 0 Å². The molecule has 3 rings (SSSR count). The van der Waals surface area contributed by atoms with Gasteiger partial charge in [0.15, 0.2) is 0 Å². The average molecular weight is 271 g/mol. The summed E-state index contributed by atoms with van der Waals surface area (Å²) < 4.78 is 18.5. The minimum absolute atomic E-state index is 0.208. The van der Waals surface area contributed by atoms with Gasteiger partial charge in [0, 0.05) is 5.69 Å². The first-order chi connectivity index (χ1) is 9.76. The van der Waals surface area contributed by atoms with Gasteiger partial charge < -0.3 is 10.1 Å². The lowest BCUT2D eigenvalue weighted by atomic mass is 9.87. The summed E-state index contributed by atoms with van der Waals surface area (Å²) in [6.07, 6.45) is 3.27. The number of ether oxygens (including phenoxy) is 1. The lowest BCUT2D eigenvalue weighted by Gasteiger charge is -2.27. The minimum Gasteiger partial charge on any atom is -0.497 e. The maximum atomic E-state index is 13.3. The number of nitrogens with one attached hydrogen (secondary N) is 1. The number of rotatable bonds is 3. The summed E-state index contributed by atoms with van der Waals surface area (Å²) in [5.74, 6) is 0.691. The standard InChI is InChI=1S/C17H18FNO/c1-20-15-8-9-16-12(10-15)4-2-7-17(16)19-14-6-3-5-13(18)11-14/h3,5-6,8-11,17,19H,2,4,7H2,1H3. The second kappa shape index (κ2) is 5.53. The summed E-state index contributed by atoms with van der Waals surface area (Å²) in [4.78, 5) is 0. The van der Waals surface area contributed by atoms with Crippen molar-refractivity contribution in [1.82, 2.24) is 0 Å². The van der Waals surface area contributed by atoms with Gasteiger partial charge in [-0.25, -0.2) is 4.39 Å². The third-order valence-corrected chi connectivity index (χ3v) is 3.83. The van der Waals surface area contributed by atoms with E-state index in [9.17, 15) is 4.39 Å². The molecule has 1 aliphatic rings. The molecule has 3 heteroatoms. The zero-order chi connectivity index (χ0) is 13.9. The number of halogens is 1. The first-order valence-corrected chi connectivity index (χ1v) is 6.95. The number of benzene rings is 2. The van der Waals surface area contributed by atoms with Crippen molar-refractivity contribution >= 4 is 5.69 Å². The molecule has 0 bridgehead atoms. The maximum Gasteiger partial charge on any atom is 0.125 e. The number of methoxy groups -OCH3 is 1. The van der Waals surface area contributed by atoms with Gasteiger partial charge in [-0.2, -0.15) is 0 Å². The van der Waals surface area contributed by atoms with Crippen LogP contribution in [0.4, 0.5) is 10.1 Å². The van der Waals surface area contributed by atoms with E-state index in [1.54, 1.807) is 13.2 Å². The predicted molar refractivity (Wildman–Crippen MR) is 78.7 cm³/mol. The van der Waals surface area contributed by atoms with Crippen molar-refractivity contribution in [2.75, 3.05) is 12.4 Å². The van der Waals surface area contributed by atoms with Crippen molar-refractivity contribution in [3.63, 3.8) is 0 Å². The van der Waals surface area contributed by atoms with Crippen molar-refractivity contribution in [3.05, 3.63) is 59.4 Å². The van der Waals surface area contributed by atoms with Crippen molar-refractivity contribution in [1.29, 1.82) is 0 Å². The lowest BCUT2D eigenvalue weighted by Crippen LogP contribution is -2.17. The van der Waals surface area contributed by atoms with Crippen LogP contribution in [0.1, 0.15) is 30.0 Å². The van der Waals surface area contributed by atoms with E-state index in [0.717, 1.165) is 30.7 Å². The molecule has 0 spiro atoms. The number of fused-ring (bicyclic) bond motifs is 1. The molecule has 104 valence electrons. The van der Waals surface area contributed by atoms with E-state index in [1.807, 2.05) is 12.1 Å². The van der Waals surface area contributed by atoms with Crippen molar-refractivity contribution in [2.24, 2.45) is 0 Å². The largest absolute Gasteiger partial charge is 0.497 e. The zero-order valence-electron chi connectivity index (χ0n) is 11.5. The first-order valence-electron chi connectivity index (χ1n) is 6.95. The fraction of sp³-hybridized carbons (Fsp3) is 0.294. The Hall–Kier alpha value is -2.03. The van der Waals surface area contributed by atoms with Crippen LogP contribution in [0.5, 0.6) is 5.75 Å². The van der Waals surface area contributed by atoms with Crippen LogP contribution in [-0.4, -0.2) is 7.11 Å². The zero-order valence-corrected chi connectivity index (χ0v) is 11.5. The molecule has 0 saturated carbocycles. The summed E-state index contributed by atoms with van der Waals surface area (Å²) in [5, 5.41) is 3.43. The molecule has 2 nitrogen and oxygen atoms in total. The first kappa shape index (κ1) is 13.0. The lowest BCUT2D eigenvalue weighted by molar-refractivity contribution is 0.413. The number of aryl methyl sites for hydroxylation is 1. The molecule has 0 amide bonds. The van der Waals surface area contributed by atoms with Gasteiger partial charge in [-0.3, -0.25) is 0 Å². The van der Waals surface area contributed by atoms with Crippen LogP contribution < -0.4 is 10.1 Å². The van der Waals surface area contributed by atoms with Crippen LogP contribution in [0, 0.1) is 5.82 Å². The average Bonchev–Trinajstić information content (AvgIpc) is 2.47.